The van der Waals surface area contributed by atoms with Gasteiger partial charge in [-0.25, -0.2) is 9.97 Å². The van der Waals surface area contributed by atoms with Crippen LogP contribution in [-0.2, 0) is 0 Å². The molecule has 2 aromatic rings. The number of nitrogens with one attached hydrogen (secondary N) is 1. The van der Waals surface area contributed by atoms with Crippen molar-refractivity contribution in [3.63, 3.8) is 0 Å². The Morgan fingerprint density at radius 1 is 1.08 bits per heavy atom. The normalized spacial score (nSPS) is 14.7. The molecule has 1 saturated heterocycles. The maximum Gasteiger partial charge on any atom is 0.272 e. The molecule has 0 aliphatic carbocycles. The third kappa shape index (κ3) is 4.31. The van der Waals surface area contributed by atoms with Crippen LogP contribution in [0.15, 0.2) is 30.3 Å². The van der Waals surface area contributed by atoms with Crippen LogP contribution in [0.5, 0.6) is 0 Å². The number of anilines is 2. The first-order valence-corrected chi connectivity index (χ1v) is 9.15. The molecule has 6 nitrogen and oxygen atoms in total. The minimum Gasteiger partial charge on any atom is -0.368 e. The smallest absolute Gasteiger partial charge is 0.272 e. The van der Waals surface area contributed by atoms with E-state index < -0.39 is 0 Å². The van der Waals surface area contributed by atoms with Crippen molar-refractivity contribution in [3.8, 4) is 0 Å². The lowest BCUT2D eigenvalue weighted by atomic mass is 10.2. The van der Waals surface area contributed by atoms with Gasteiger partial charge in [0.25, 0.3) is 5.91 Å². The minimum absolute atomic E-state index is 0.0220. The van der Waals surface area contributed by atoms with Gasteiger partial charge < -0.3 is 15.1 Å². The van der Waals surface area contributed by atoms with Gasteiger partial charge in [0.05, 0.1) is 0 Å². The lowest BCUT2D eigenvalue weighted by Crippen LogP contribution is -2.49. The number of carbonyl (C=O) groups is 1. The van der Waals surface area contributed by atoms with E-state index in [0.717, 1.165) is 18.8 Å². The number of amides is 1. The summed E-state index contributed by atoms with van der Waals surface area (Å²) in [7, 11) is 0. The van der Waals surface area contributed by atoms with E-state index in [0.29, 0.717) is 24.7 Å². The summed E-state index contributed by atoms with van der Waals surface area (Å²) in [5.41, 5.74) is 3.73. The number of rotatable bonds is 4. The Morgan fingerprint density at radius 2 is 1.81 bits per heavy atom. The van der Waals surface area contributed by atoms with Crippen molar-refractivity contribution in [2.75, 3.05) is 36.4 Å². The Kier molecular flexibility index (Phi) is 5.40. The molecular weight excluding hydrogens is 326 g/mol. The van der Waals surface area contributed by atoms with Gasteiger partial charge in [0.2, 0.25) is 5.95 Å². The van der Waals surface area contributed by atoms with Crippen LogP contribution in [0.4, 0.5) is 11.6 Å². The molecule has 0 spiro atoms. The lowest BCUT2D eigenvalue weighted by molar-refractivity contribution is 0.0740. The largest absolute Gasteiger partial charge is 0.368 e. The fraction of sp³-hybridized carbons (Fsp3) is 0.450. The predicted molar refractivity (Wildman–Crippen MR) is 105 cm³/mol. The Hall–Kier alpha value is -2.63. The molecule has 2 heterocycles. The average molecular weight is 353 g/mol. The van der Waals surface area contributed by atoms with E-state index >= 15 is 0 Å². The quantitative estimate of drug-likeness (QED) is 0.916. The van der Waals surface area contributed by atoms with Crippen LogP contribution in [0.3, 0.4) is 0 Å². The molecular formula is C20H27N5O. The molecule has 1 amide bonds. The number of hydrogen-bond donors (Lipinski definition) is 1. The number of carbonyl (C=O) groups excluding carboxylic acids is 1. The van der Waals surface area contributed by atoms with Crippen molar-refractivity contribution in [1.82, 2.24) is 14.9 Å². The minimum atomic E-state index is -0.0220. The Morgan fingerprint density at radius 3 is 2.46 bits per heavy atom. The van der Waals surface area contributed by atoms with Crippen LogP contribution in [0.1, 0.15) is 35.6 Å². The second-order valence-corrected chi connectivity index (χ2v) is 7.14. The van der Waals surface area contributed by atoms with Crippen molar-refractivity contribution in [2.24, 2.45) is 0 Å². The van der Waals surface area contributed by atoms with Crippen molar-refractivity contribution >= 4 is 17.5 Å². The summed E-state index contributed by atoms with van der Waals surface area (Å²) in [4.78, 5) is 25.9. The number of aromatic nitrogens is 2. The molecule has 0 radical (unpaired) electrons. The van der Waals surface area contributed by atoms with Crippen LogP contribution in [-0.4, -0.2) is 53.0 Å². The van der Waals surface area contributed by atoms with Crippen LogP contribution in [0.25, 0.3) is 0 Å². The highest BCUT2D eigenvalue weighted by molar-refractivity contribution is 5.92. The third-order valence-electron chi connectivity index (χ3n) is 4.42. The Labute approximate surface area is 155 Å². The van der Waals surface area contributed by atoms with Gasteiger partial charge in [-0.2, -0.15) is 0 Å². The summed E-state index contributed by atoms with van der Waals surface area (Å²) >= 11 is 0. The van der Waals surface area contributed by atoms with Gasteiger partial charge in [0.1, 0.15) is 5.69 Å². The first kappa shape index (κ1) is 18.2. The van der Waals surface area contributed by atoms with E-state index in [1.165, 1.54) is 11.3 Å². The van der Waals surface area contributed by atoms with Gasteiger partial charge >= 0.3 is 0 Å². The van der Waals surface area contributed by atoms with Gasteiger partial charge in [-0.1, -0.05) is 12.1 Å². The Balaban J connectivity index is 1.68. The summed E-state index contributed by atoms with van der Waals surface area (Å²) in [6, 6.07) is 10.5. The SMILES string of the molecule is Cc1cccc(N2CCN(C(=O)c3cc(C)nc(NC(C)C)n3)CC2)c1. The highest BCUT2D eigenvalue weighted by Crippen LogP contribution is 2.19. The molecule has 0 atom stereocenters. The van der Waals surface area contributed by atoms with Crippen molar-refractivity contribution in [1.29, 1.82) is 0 Å². The van der Waals surface area contributed by atoms with Gasteiger partial charge in [-0.3, -0.25) is 4.79 Å². The van der Waals surface area contributed by atoms with E-state index in [-0.39, 0.29) is 11.9 Å². The van der Waals surface area contributed by atoms with Crippen molar-refractivity contribution in [2.45, 2.75) is 33.7 Å². The maximum absolute atomic E-state index is 12.9. The van der Waals surface area contributed by atoms with Gasteiger partial charge in [0.15, 0.2) is 0 Å². The molecule has 3 rings (SSSR count). The van der Waals surface area contributed by atoms with E-state index in [1.807, 2.05) is 25.7 Å². The maximum atomic E-state index is 12.9. The molecule has 26 heavy (non-hydrogen) atoms. The van der Waals surface area contributed by atoms with Crippen LogP contribution in [0, 0.1) is 13.8 Å². The van der Waals surface area contributed by atoms with Crippen LogP contribution in [0.2, 0.25) is 0 Å². The topological polar surface area (TPSA) is 61.4 Å². The number of nitrogens with zero attached hydrogens (tertiary/aromatic N) is 4. The van der Waals surface area contributed by atoms with Gasteiger partial charge in [-0.05, 0) is 51.5 Å². The predicted octanol–water partition coefficient (Wildman–Crippen LogP) is 2.88. The van der Waals surface area contributed by atoms with Gasteiger partial charge in [-0.15, -0.1) is 0 Å². The first-order valence-electron chi connectivity index (χ1n) is 9.15. The Bertz CT molecular complexity index is 782. The highest BCUT2D eigenvalue weighted by Gasteiger charge is 2.24. The van der Waals surface area contributed by atoms with E-state index in [4.69, 9.17) is 0 Å². The van der Waals surface area contributed by atoms with Crippen molar-refractivity contribution < 1.29 is 4.79 Å². The zero-order chi connectivity index (χ0) is 18.7. The number of aryl methyl sites for hydroxylation is 2. The number of hydrogen-bond acceptors (Lipinski definition) is 5. The second kappa shape index (κ2) is 7.72. The molecule has 1 aromatic carbocycles. The van der Waals surface area contributed by atoms with Crippen LogP contribution >= 0.6 is 0 Å². The summed E-state index contributed by atoms with van der Waals surface area (Å²) in [5.74, 6) is 0.493. The molecule has 1 fully saturated rings. The van der Waals surface area contributed by atoms with E-state index in [9.17, 15) is 4.79 Å². The standard InChI is InChI=1S/C20H27N5O/c1-14(2)21-20-22-16(4)13-18(23-20)19(26)25-10-8-24(9-11-25)17-7-5-6-15(3)12-17/h5-7,12-14H,8-11H2,1-4H3,(H,21,22,23). The highest BCUT2D eigenvalue weighted by atomic mass is 16.2. The van der Waals surface area contributed by atoms with Gasteiger partial charge in [0, 0.05) is 43.6 Å². The molecule has 1 aromatic heterocycles. The molecule has 0 bridgehead atoms. The molecule has 1 aliphatic rings. The summed E-state index contributed by atoms with van der Waals surface area (Å²) in [6.45, 7) is 11.1. The molecule has 0 saturated carbocycles. The zero-order valence-corrected chi connectivity index (χ0v) is 16.0. The first-order chi connectivity index (χ1) is 12.4. The van der Waals surface area contributed by atoms with Crippen LogP contribution < -0.4 is 10.2 Å². The van der Waals surface area contributed by atoms with E-state index in [1.54, 1.807) is 6.07 Å². The molecule has 0 unspecified atom stereocenters. The monoisotopic (exact) mass is 353 g/mol. The lowest BCUT2D eigenvalue weighted by Gasteiger charge is -2.36. The summed E-state index contributed by atoms with van der Waals surface area (Å²) < 4.78 is 0. The average Bonchev–Trinajstić information content (AvgIpc) is 2.60. The summed E-state index contributed by atoms with van der Waals surface area (Å²) in [6.07, 6.45) is 0. The zero-order valence-electron chi connectivity index (χ0n) is 16.0. The third-order valence-corrected chi connectivity index (χ3v) is 4.42. The second-order valence-electron chi connectivity index (χ2n) is 7.14. The summed E-state index contributed by atoms with van der Waals surface area (Å²) in [5, 5.41) is 3.18. The fourth-order valence-corrected chi connectivity index (χ4v) is 3.16. The molecule has 1 aliphatic heterocycles. The number of benzene rings is 1. The fourth-order valence-electron chi connectivity index (χ4n) is 3.16. The number of piperazine rings is 1. The van der Waals surface area contributed by atoms with Crippen molar-refractivity contribution in [3.05, 3.63) is 47.3 Å². The molecule has 1 N–H and O–H groups in total. The molecule has 138 valence electrons. The van der Waals surface area contributed by atoms with E-state index in [2.05, 4.69) is 51.4 Å². The molecule has 6 heteroatoms.